The highest BCUT2D eigenvalue weighted by molar-refractivity contribution is 6.13. The summed E-state index contributed by atoms with van der Waals surface area (Å²) < 4.78 is 86.4. The van der Waals surface area contributed by atoms with Gasteiger partial charge in [-0.15, -0.1) is 0 Å². The van der Waals surface area contributed by atoms with Crippen molar-refractivity contribution in [2.75, 3.05) is 124 Å². The van der Waals surface area contributed by atoms with Gasteiger partial charge in [-0.2, -0.15) is 0 Å². The van der Waals surface area contributed by atoms with E-state index in [0.717, 1.165) is 43.3 Å². The number of carbonyl (C=O) groups excluding carboxylic acids is 3. The minimum absolute atomic E-state index is 0. The zero-order valence-corrected chi connectivity index (χ0v) is 50.6. The normalized spacial score (nSPS) is 16.0. The molecule has 12 rings (SSSR count). The Morgan fingerprint density at radius 2 is 0.956 bits per heavy atom. The largest absolute Gasteiger partial charge is 0.492 e. The second-order valence-corrected chi connectivity index (χ2v) is 21.1. The molecule has 21 nitrogen and oxygen atoms in total. The van der Waals surface area contributed by atoms with Crippen LogP contribution in [0.5, 0.6) is 11.5 Å². The van der Waals surface area contributed by atoms with Gasteiger partial charge in [-0.1, -0.05) is 7.43 Å². The number of ether oxygens (including phenoxy) is 2. The lowest BCUT2D eigenvalue weighted by atomic mass is 10.0. The minimum Gasteiger partial charge on any atom is -0.492 e. The molecule has 0 saturated carbocycles. The van der Waals surface area contributed by atoms with E-state index < -0.39 is 5.97 Å². The molecular formula is C61H79F9N12O9. The summed E-state index contributed by atoms with van der Waals surface area (Å²) in [6.07, 6.45) is 16.5. The van der Waals surface area contributed by atoms with E-state index in [2.05, 4.69) is 35.7 Å². The minimum atomic E-state index is -1.03. The van der Waals surface area contributed by atoms with Crippen LogP contribution in [-0.4, -0.2) is 159 Å². The van der Waals surface area contributed by atoms with E-state index in [1.54, 1.807) is 44.7 Å². The molecule has 0 atom stereocenters. The molecule has 4 aromatic heterocycles. The second-order valence-electron chi connectivity index (χ2n) is 21.1. The van der Waals surface area contributed by atoms with Crippen LogP contribution in [0, 0.1) is 0 Å². The Morgan fingerprint density at radius 1 is 0.560 bits per heavy atom. The third kappa shape index (κ3) is 17.8. The average molecular weight is 1300 g/mol. The molecule has 4 N–H and O–H groups in total. The van der Waals surface area contributed by atoms with E-state index in [9.17, 15) is 24.3 Å². The number of carboxylic acids is 1. The number of amides is 3. The summed E-state index contributed by atoms with van der Waals surface area (Å²) >= 11 is 0. The highest BCUT2D eigenvalue weighted by Crippen LogP contribution is 2.43. The SMILES string of the molecule is C.C1CCN(C2CCNCC2)C1.CCOc1cc(C(=O)N2CCC(N3CCCC3)CC2)ccc1Nc1cc2c(cn1)N(C)C(=O)c1occc1N2C.CCOc1cc(C(=O)O)ccc1Nc1cc2c(cn1)N(C)C(=O)c1occc1N2C.F.FF.FF.FF.FF. The van der Waals surface area contributed by atoms with Crippen molar-refractivity contribution < 1.29 is 83.9 Å². The molecule has 10 heterocycles. The molecule has 30 heteroatoms. The number of benzene rings is 2. The zero-order chi connectivity index (χ0) is 64.7. The van der Waals surface area contributed by atoms with Crippen LogP contribution in [0.2, 0.25) is 0 Å². The van der Waals surface area contributed by atoms with E-state index in [0.29, 0.717) is 82.1 Å². The molecule has 0 aliphatic carbocycles. The number of fused-ring (bicyclic) bond motifs is 4. The summed E-state index contributed by atoms with van der Waals surface area (Å²) in [5.74, 6) is 1.17. The van der Waals surface area contributed by atoms with E-state index in [1.165, 1.54) is 112 Å². The Kier molecular flexibility index (Phi) is 30.2. The monoisotopic (exact) mass is 1290 g/mol. The Morgan fingerprint density at radius 3 is 1.36 bits per heavy atom. The van der Waals surface area contributed by atoms with Crippen LogP contribution >= 0.6 is 0 Å². The highest BCUT2D eigenvalue weighted by Gasteiger charge is 2.34. The third-order valence-corrected chi connectivity index (χ3v) is 16.1. The van der Waals surface area contributed by atoms with Crippen molar-refractivity contribution in [1.29, 1.82) is 0 Å². The lowest BCUT2D eigenvalue weighted by Gasteiger charge is -2.36. The predicted octanol–water partition coefficient (Wildman–Crippen LogP) is 13.7. The van der Waals surface area contributed by atoms with Crippen molar-refractivity contribution in [2.24, 2.45) is 0 Å². The Labute approximate surface area is 521 Å². The Bertz CT molecular complexity index is 3250. The topological polar surface area (TPSA) is 218 Å². The lowest BCUT2D eigenvalue weighted by molar-refractivity contribution is 0.0642. The van der Waals surface area contributed by atoms with E-state index >= 15 is 0 Å². The van der Waals surface area contributed by atoms with Crippen LogP contribution < -0.4 is 45.0 Å². The molecule has 500 valence electrons. The molecule has 6 aliphatic heterocycles. The number of hydrogen-bond acceptors (Lipinski definition) is 17. The van der Waals surface area contributed by atoms with Crippen LogP contribution in [0.15, 0.2) is 94.4 Å². The zero-order valence-electron chi connectivity index (χ0n) is 50.6. The van der Waals surface area contributed by atoms with Crippen LogP contribution in [0.4, 0.5) is 98.4 Å². The molecule has 0 bridgehead atoms. The maximum atomic E-state index is 13.4. The third-order valence-electron chi connectivity index (χ3n) is 16.1. The number of hydrogen-bond donors (Lipinski definition) is 4. The summed E-state index contributed by atoms with van der Waals surface area (Å²) in [6, 6.07) is 18.9. The molecule has 4 fully saturated rings. The van der Waals surface area contributed by atoms with E-state index in [-0.39, 0.29) is 46.9 Å². The van der Waals surface area contributed by atoms with Gasteiger partial charge < -0.3 is 73.7 Å². The molecule has 91 heavy (non-hydrogen) atoms. The number of rotatable bonds is 12. The van der Waals surface area contributed by atoms with Gasteiger partial charge in [0.05, 0.1) is 89.2 Å². The Hall–Kier alpha value is -8.77. The number of aromatic nitrogens is 2. The van der Waals surface area contributed by atoms with Crippen molar-refractivity contribution in [3.63, 3.8) is 0 Å². The number of carbonyl (C=O) groups is 4. The Balaban J connectivity index is 0.000000304. The van der Waals surface area contributed by atoms with Gasteiger partial charge in [0.25, 0.3) is 17.7 Å². The van der Waals surface area contributed by atoms with E-state index in [1.807, 2.05) is 73.0 Å². The number of nitrogens with one attached hydrogen (secondary N) is 3. The van der Waals surface area contributed by atoms with Gasteiger partial charge in [0.1, 0.15) is 23.1 Å². The number of furan rings is 2. The molecular weight excluding hydrogens is 1220 g/mol. The number of piperidine rings is 2. The summed E-state index contributed by atoms with van der Waals surface area (Å²) in [5, 5.41) is 19.2. The van der Waals surface area contributed by atoms with Crippen molar-refractivity contribution in [3.8, 4) is 11.5 Å². The number of anilines is 10. The molecule has 3 amide bonds. The quantitative estimate of drug-likeness (QED) is 0.0837. The molecule has 0 radical (unpaired) electrons. The maximum Gasteiger partial charge on any atom is 0.335 e. The van der Waals surface area contributed by atoms with E-state index in [4.69, 9.17) is 54.9 Å². The predicted molar refractivity (Wildman–Crippen MR) is 331 cm³/mol. The number of nitrogens with zero attached hydrogens (tertiary/aromatic N) is 9. The highest BCUT2D eigenvalue weighted by atomic mass is 20.0. The van der Waals surface area contributed by atoms with Gasteiger partial charge in [0, 0.05) is 120 Å². The molecule has 6 aromatic rings. The van der Waals surface area contributed by atoms with Gasteiger partial charge in [-0.05, 0) is 141 Å². The van der Waals surface area contributed by atoms with Crippen molar-refractivity contribution in [3.05, 3.63) is 108 Å². The molecule has 2 aromatic carbocycles. The molecule has 4 saturated heterocycles. The van der Waals surface area contributed by atoms with Gasteiger partial charge in [0.2, 0.25) is 11.5 Å². The number of pyridine rings is 2. The fraction of sp³-hybridized carbons (Fsp3) is 0.443. The standard InChI is InChI=1S/C30H36N6O4.C21H20N4O5.C9H18N2.CH4.4F2.FH/c1-4-39-26-17-20(29(37)36-14-9-21(10-15-36)35-12-5-6-13-35)7-8-22(26)32-27-18-24-25(19-31-27)34(3)30(38)28-23(33(24)2)11-16-40-28;1-4-29-17-9-12(21(27)28)5-6-13(17)23-18-10-15-16(11-22-18)25(3)20(26)19-14(24(15)2)7-8-30-19;1-2-8-11(7-1)9-3-5-10-6-4-9;;4*1-2;/h7-8,11,16-19,21H,4-6,9-10,12-15H2,1-3H3,(H,31,32);5-11H,4H2,1-3H3,(H,22,23)(H,27,28);9-10H,1-8H2;1H4;;;;;1H. The molecule has 0 spiro atoms. The average Bonchev–Trinajstić information content (AvgIpc) is 1.67. The fourth-order valence-corrected chi connectivity index (χ4v) is 11.6. The number of halogens is 9. The maximum absolute atomic E-state index is 13.4. The number of carboxylic acid groups (broad SMARTS) is 1. The molecule has 6 aliphatic rings. The second kappa shape index (κ2) is 36.8. The van der Waals surface area contributed by atoms with Gasteiger partial charge in [0.15, 0.2) is 0 Å². The summed E-state index contributed by atoms with van der Waals surface area (Å²) in [6.45, 7) is 13.8. The number of likely N-dealkylation sites (tertiary alicyclic amines) is 3. The molecule has 0 unspecified atom stereocenters. The lowest BCUT2D eigenvalue weighted by Crippen LogP contribution is -2.45. The first-order valence-corrected chi connectivity index (χ1v) is 28.9. The summed E-state index contributed by atoms with van der Waals surface area (Å²) in [7, 11) is 7.11. The van der Waals surface area contributed by atoms with Crippen LogP contribution in [-0.2, 0) is 0 Å². The number of aromatic carboxylic acids is 1. The summed E-state index contributed by atoms with van der Waals surface area (Å²) in [4.78, 5) is 73.3. The first kappa shape index (κ1) is 74.7. The van der Waals surface area contributed by atoms with Crippen molar-refractivity contribution in [2.45, 2.75) is 84.7 Å². The van der Waals surface area contributed by atoms with Crippen LogP contribution in [0.25, 0.3) is 0 Å². The van der Waals surface area contributed by atoms with Crippen LogP contribution in [0.1, 0.15) is 114 Å². The fourth-order valence-electron chi connectivity index (χ4n) is 11.6. The first-order chi connectivity index (χ1) is 43.3. The smallest absolute Gasteiger partial charge is 0.335 e. The van der Waals surface area contributed by atoms with Crippen LogP contribution in [0.3, 0.4) is 0 Å². The summed E-state index contributed by atoms with van der Waals surface area (Å²) in [5.41, 5.74) is 6.25. The first-order valence-electron chi connectivity index (χ1n) is 28.9. The van der Waals surface area contributed by atoms with Crippen molar-refractivity contribution in [1.82, 2.24) is 30.0 Å². The van der Waals surface area contributed by atoms with Gasteiger partial charge >= 0.3 is 5.97 Å². The van der Waals surface area contributed by atoms with Gasteiger partial charge in [-0.3, -0.25) is 19.1 Å². The van der Waals surface area contributed by atoms with Crippen molar-refractivity contribution >= 4 is 80.8 Å². The van der Waals surface area contributed by atoms with Gasteiger partial charge in [-0.25, -0.2) is 14.8 Å².